The smallest absolute Gasteiger partial charge is 0.456 e. The zero-order valence-electron chi connectivity index (χ0n) is 46.3. The second kappa shape index (κ2) is 49.8. The topological polar surface area (TPSA) is 111 Å². The van der Waals surface area contributed by atoms with Gasteiger partial charge in [-0.25, -0.2) is 4.57 Å². The molecule has 0 aliphatic heterocycles. The maximum Gasteiger partial charge on any atom is 0.472 e. The van der Waals surface area contributed by atoms with E-state index < -0.39 is 20.0 Å². The Labute approximate surface area is 427 Å². The minimum atomic E-state index is -4.44. The van der Waals surface area contributed by atoms with Gasteiger partial charge in [-0.15, -0.1) is 0 Å². The van der Waals surface area contributed by atoms with Gasteiger partial charge in [0.05, 0.1) is 33.8 Å². The van der Waals surface area contributed by atoms with Gasteiger partial charge in [0.25, 0.3) is 0 Å². The number of hydrogen-bond donors (Lipinski definition) is 2. The number of phosphoric ester groups is 1. The van der Waals surface area contributed by atoms with Crippen molar-refractivity contribution in [2.24, 2.45) is 0 Å². The molecule has 0 radical (unpaired) electrons. The van der Waals surface area contributed by atoms with Gasteiger partial charge in [-0.3, -0.25) is 18.6 Å². The molecule has 0 rings (SSSR count). The number of ether oxygens (including phenoxy) is 1. The van der Waals surface area contributed by atoms with Crippen LogP contribution >= 0.6 is 7.82 Å². The molecule has 0 aromatic rings. The van der Waals surface area contributed by atoms with E-state index in [1.165, 1.54) is 161 Å². The quantitative estimate of drug-likeness (QED) is 0.0205. The average Bonchev–Trinajstić information content (AvgIpc) is 3.31. The van der Waals surface area contributed by atoms with Crippen molar-refractivity contribution in [2.45, 2.75) is 290 Å². The number of esters is 1. The largest absolute Gasteiger partial charge is 0.472 e. The first kappa shape index (κ1) is 67.2. The second-order valence-corrected chi connectivity index (χ2v) is 22.6. The fraction of sp³-hybridized carbons (Fsp3) is 0.864. The summed E-state index contributed by atoms with van der Waals surface area (Å²) in [6.45, 7) is 6.92. The number of likely N-dealkylation sites (N-methyl/N-ethyl adjacent to an activating group) is 1. The molecule has 0 fully saturated rings. The molecular weight excluding hydrogens is 880 g/mol. The lowest BCUT2D eigenvalue weighted by molar-refractivity contribution is -0.870. The van der Waals surface area contributed by atoms with Crippen molar-refractivity contribution in [3.05, 3.63) is 36.5 Å². The Morgan fingerprint density at radius 3 is 1.38 bits per heavy atom. The number of quaternary nitrogens is 1. The van der Waals surface area contributed by atoms with Gasteiger partial charge in [0.1, 0.15) is 19.3 Å². The Bertz CT molecular complexity index is 1280. The minimum absolute atomic E-state index is 0.0405. The normalized spacial score (nSPS) is 14.0. The predicted molar refractivity (Wildman–Crippen MR) is 296 cm³/mol. The van der Waals surface area contributed by atoms with Crippen LogP contribution < -0.4 is 5.32 Å². The number of carbonyl (C=O) groups excluding carboxylic acids is 2. The van der Waals surface area contributed by atoms with E-state index in [-0.39, 0.29) is 25.1 Å². The molecule has 0 spiro atoms. The fourth-order valence-corrected chi connectivity index (χ4v) is 9.30. The van der Waals surface area contributed by atoms with E-state index in [4.69, 9.17) is 13.8 Å². The summed E-state index contributed by atoms with van der Waals surface area (Å²) in [6.07, 6.45) is 58.5. The summed E-state index contributed by atoms with van der Waals surface area (Å²) in [5.74, 6) is -0.504. The van der Waals surface area contributed by atoms with E-state index in [0.29, 0.717) is 23.9 Å². The van der Waals surface area contributed by atoms with Crippen molar-refractivity contribution in [3.8, 4) is 0 Å². The number of rotatable bonds is 53. The minimum Gasteiger partial charge on any atom is -0.456 e. The number of nitrogens with zero attached hydrogens (tertiary/aromatic N) is 1. The van der Waals surface area contributed by atoms with Gasteiger partial charge >= 0.3 is 13.8 Å². The van der Waals surface area contributed by atoms with Gasteiger partial charge < -0.3 is 19.4 Å². The van der Waals surface area contributed by atoms with Crippen molar-refractivity contribution in [2.75, 3.05) is 40.9 Å². The van der Waals surface area contributed by atoms with E-state index in [0.717, 1.165) is 83.5 Å². The van der Waals surface area contributed by atoms with Gasteiger partial charge in [-0.1, -0.05) is 244 Å². The van der Waals surface area contributed by atoms with Crippen LogP contribution in [0.25, 0.3) is 0 Å². The molecule has 0 heterocycles. The maximum atomic E-state index is 13.5. The van der Waals surface area contributed by atoms with E-state index in [2.05, 4.69) is 50.4 Å². The number of unbranched alkanes of at least 4 members (excludes halogenated alkanes) is 33. The highest BCUT2D eigenvalue weighted by molar-refractivity contribution is 7.47. The highest BCUT2D eigenvalue weighted by Crippen LogP contribution is 2.43. The Morgan fingerprint density at radius 1 is 0.522 bits per heavy atom. The summed E-state index contributed by atoms with van der Waals surface area (Å²) < 4.78 is 30.6. The van der Waals surface area contributed by atoms with Crippen LogP contribution in [0.3, 0.4) is 0 Å². The standard InChI is InChI=1S/C59H113N2O7P/c1-7-10-13-16-19-22-25-28-30-31-32-34-37-40-43-46-49-52-59(63)68-57(50-47-44-41-38-35-27-24-21-18-15-12-9-3)56(55-67-69(64,65)66-54-53-61(4,5)6)60-58(62)51-48-45-42-39-36-33-29-26-23-20-17-14-11-8-2/h11,14,20,23,47,50,56-57H,7-10,12-13,15-19,21-22,24-46,48-49,51-55H2,1-6H3,(H-,60,62,64,65)/p+1/b14-11+,23-20+,50-47+. The van der Waals surface area contributed by atoms with Crippen molar-refractivity contribution in [1.82, 2.24) is 5.32 Å². The third-order valence-electron chi connectivity index (χ3n) is 13.1. The third-order valence-corrected chi connectivity index (χ3v) is 14.1. The van der Waals surface area contributed by atoms with Crippen LogP contribution in [0.15, 0.2) is 36.5 Å². The molecule has 0 aromatic heterocycles. The van der Waals surface area contributed by atoms with Crippen LogP contribution in [0.1, 0.15) is 278 Å². The van der Waals surface area contributed by atoms with Gasteiger partial charge in [0.2, 0.25) is 5.91 Å². The molecule has 10 heteroatoms. The summed E-state index contributed by atoms with van der Waals surface area (Å²) in [4.78, 5) is 37.6. The average molecular weight is 995 g/mol. The number of allylic oxidation sites excluding steroid dienone is 5. The van der Waals surface area contributed by atoms with Crippen LogP contribution in [-0.4, -0.2) is 74.3 Å². The molecule has 3 unspecified atom stereocenters. The third kappa shape index (κ3) is 51.0. The van der Waals surface area contributed by atoms with Crippen molar-refractivity contribution in [3.63, 3.8) is 0 Å². The zero-order chi connectivity index (χ0) is 50.8. The number of phosphoric acid groups is 1. The Morgan fingerprint density at radius 2 is 0.928 bits per heavy atom. The van der Waals surface area contributed by atoms with Crippen LogP contribution in [0.5, 0.6) is 0 Å². The first-order valence-corrected chi connectivity index (χ1v) is 30.8. The van der Waals surface area contributed by atoms with Gasteiger partial charge in [0.15, 0.2) is 0 Å². The molecule has 1 amide bonds. The molecule has 2 N–H and O–H groups in total. The molecule has 3 atom stereocenters. The number of hydrogen-bond acceptors (Lipinski definition) is 6. The van der Waals surface area contributed by atoms with E-state index in [9.17, 15) is 19.0 Å². The molecule has 406 valence electrons. The Kier molecular flexibility index (Phi) is 48.5. The molecule has 9 nitrogen and oxygen atoms in total. The number of carbonyl (C=O) groups is 2. The van der Waals surface area contributed by atoms with Crippen molar-refractivity contribution in [1.29, 1.82) is 0 Å². The van der Waals surface area contributed by atoms with E-state index in [1.54, 1.807) is 0 Å². The monoisotopic (exact) mass is 994 g/mol. The van der Waals surface area contributed by atoms with E-state index in [1.807, 2.05) is 33.3 Å². The van der Waals surface area contributed by atoms with Crippen LogP contribution in [-0.2, 0) is 27.9 Å². The predicted octanol–water partition coefficient (Wildman–Crippen LogP) is 17.6. The molecule has 0 aromatic carbocycles. The van der Waals surface area contributed by atoms with Gasteiger partial charge in [0, 0.05) is 12.8 Å². The summed E-state index contributed by atoms with van der Waals surface area (Å²) in [5, 5.41) is 3.05. The Hall–Kier alpha value is -1.77. The molecule has 0 bridgehead atoms. The Balaban J connectivity index is 5.30. The lowest BCUT2D eigenvalue weighted by Crippen LogP contribution is -2.47. The first-order valence-electron chi connectivity index (χ1n) is 29.3. The van der Waals surface area contributed by atoms with Crippen LogP contribution in [0.4, 0.5) is 0 Å². The SMILES string of the molecule is CC/C=C/C/C=C/CCCCCCCCCC(=O)NC(COP(=O)(O)OCC[N+](C)(C)C)C(/C=C/CCCCCCCCCCCC)OC(=O)CCCCCCCCCCCCCCCCCCC. The van der Waals surface area contributed by atoms with Gasteiger partial charge in [-0.2, -0.15) is 0 Å². The first-order chi connectivity index (χ1) is 33.4. The van der Waals surface area contributed by atoms with Crippen LogP contribution in [0.2, 0.25) is 0 Å². The van der Waals surface area contributed by atoms with Crippen LogP contribution in [0, 0.1) is 0 Å². The summed E-state index contributed by atoms with van der Waals surface area (Å²) in [5.41, 5.74) is 0. The van der Waals surface area contributed by atoms with E-state index >= 15 is 0 Å². The number of nitrogens with one attached hydrogen (secondary N) is 1. The summed E-state index contributed by atoms with van der Waals surface area (Å²) >= 11 is 0. The van der Waals surface area contributed by atoms with Gasteiger partial charge in [-0.05, 0) is 57.4 Å². The lowest BCUT2D eigenvalue weighted by Gasteiger charge is -2.27. The molecule has 0 saturated carbocycles. The molecular formula is C59H114N2O7P+. The highest BCUT2D eigenvalue weighted by atomic mass is 31.2. The second-order valence-electron chi connectivity index (χ2n) is 21.1. The van der Waals surface area contributed by atoms with Crippen molar-refractivity contribution >= 4 is 19.7 Å². The molecule has 0 saturated heterocycles. The zero-order valence-corrected chi connectivity index (χ0v) is 47.2. The summed E-state index contributed by atoms with van der Waals surface area (Å²) in [6, 6.07) is -0.847. The number of amides is 1. The fourth-order valence-electron chi connectivity index (χ4n) is 8.57. The molecule has 0 aliphatic rings. The summed E-state index contributed by atoms with van der Waals surface area (Å²) in [7, 11) is 1.50. The molecule has 69 heavy (non-hydrogen) atoms. The maximum absolute atomic E-state index is 13.5. The van der Waals surface area contributed by atoms with Crippen molar-refractivity contribution < 1.29 is 37.3 Å². The lowest BCUT2D eigenvalue weighted by atomic mass is 10.0. The highest BCUT2D eigenvalue weighted by Gasteiger charge is 2.30. The molecule has 0 aliphatic carbocycles.